The zero-order chi connectivity index (χ0) is 13.3. The van der Waals surface area contributed by atoms with Crippen molar-refractivity contribution in [3.05, 3.63) is 70.5 Å². The lowest BCUT2D eigenvalue weighted by Gasteiger charge is -2.05. The summed E-state index contributed by atoms with van der Waals surface area (Å²) in [7, 11) is 0. The molecule has 4 heteroatoms. The molecule has 0 atom stereocenters. The molecule has 92 valence electrons. The van der Waals surface area contributed by atoms with Gasteiger partial charge < -0.3 is 0 Å². The van der Waals surface area contributed by atoms with E-state index in [1.807, 2.05) is 0 Å². The highest BCUT2D eigenvalue weighted by Gasteiger charge is 2.14. The Balaban J connectivity index is 2.51. The first-order valence-electron chi connectivity index (χ1n) is 5.24. The van der Waals surface area contributed by atoms with Crippen LogP contribution < -0.4 is 0 Å². The molecule has 0 aliphatic rings. The molecular formula is C14H9F3O. The van der Waals surface area contributed by atoms with Crippen LogP contribution in [0.25, 0.3) is 0 Å². The van der Waals surface area contributed by atoms with Gasteiger partial charge in [-0.25, -0.2) is 13.2 Å². The van der Waals surface area contributed by atoms with Gasteiger partial charge in [0.15, 0.2) is 5.78 Å². The van der Waals surface area contributed by atoms with Crippen LogP contribution in [0.2, 0.25) is 0 Å². The summed E-state index contributed by atoms with van der Waals surface area (Å²) in [6.07, 6.45) is 0. The largest absolute Gasteiger partial charge is 0.289 e. The number of carbonyl (C=O) groups is 1. The Morgan fingerprint density at radius 3 is 2.11 bits per heavy atom. The summed E-state index contributed by atoms with van der Waals surface area (Å²) in [6.45, 7) is 1.63. The molecule has 2 aromatic rings. The van der Waals surface area contributed by atoms with Crippen LogP contribution in [-0.4, -0.2) is 5.78 Å². The molecule has 0 saturated carbocycles. The molecule has 0 unspecified atom stereocenters. The Bertz CT molecular complexity index is 600. The van der Waals surface area contributed by atoms with Crippen molar-refractivity contribution in [1.29, 1.82) is 0 Å². The highest BCUT2D eigenvalue weighted by molar-refractivity contribution is 6.09. The van der Waals surface area contributed by atoms with Crippen molar-refractivity contribution in [3.8, 4) is 0 Å². The number of hydrogen-bond acceptors (Lipinski definition) is 1. The number of hydrogen-bond donors (Lipinski definition) is 0. The smallest absolute Gasteiger partial charge is 0.193 e. The van der Waals surface area contributed by atoms with Gasteiger partial charge in [-0.05, 0) is 36.8 Å². The maximum Gasteiger partial charge on any atom is 0.193 e. The number of carbonyl (C=O) groups excluding carboxylic acids is 1. The van der Waals surface area contributed by atoms with Gasteiger partial charge in [0.2, 0.25) is 0 Å². The standard InChI is InChI=1S/C14H9F3O/c1-8-2-3-10(15)7-13(8)14(18)9-4-11(16)6-12(17)5-9/h2-7H,1H3. The number of aryl methyl sites for hydroxylation is 1. The van der Waals surface area contributed by atoms with E-state index in [0.717, 1.165) is 18.2 Å². The van der Waals surface area contributed by atoms with Crippen molar-refractivity contribution < 1.29 is 18.0 Å². The van der Waals surface area contributed by atoms with Gasteiger partial charge in [0.25, 0.3) is 0 Å². The molecule has 0 aliphatic heterocycles. The van der Waals surface area contributed by atoms with Crippen molar-refractivity contribution in [3.63, 3.8) is 0 Å². The van der Waals surface area contributed by atoms with E-state index in [1.165, 1.54) is 12.1 Å². The molecule has 2 rings (SSSR count). The minimum atomic E-state index is -0.840. The molecule has 18 heavy (non-hydrogen) atoms. The second-order valence-corrected chi connectivity index (χ2v) is 3.95. The topological polar surface area (TPSA) is 17.1 Å². The van der Waals surface area contributed by atoms with E-state index >= 15 is 0 Å². The fourth-order valence-corrected chi connectivity index (χ4v) is 1.68. The summed E-state index contributed by atoms with van der Waals surface area (Å²) in [5.74, 6) is -2.86. The maximum atomic E-state index is 13.1. The molecule has 0 radical (unpaired) electrons. The lowest BCUT2D eigenvalue weighted by Crippen LogP contribution is -2.05. The lowest BCUT2D eigenvalue weighted by atomic mass is 9.99. The van der Waals surface area contributed by atoms with Gasteiger partial charge >= 0.3 is 0 Å². The van der Waals surface area contributed by atoms with Gasteiger partial charge in [0.05, 0.1) is 0 Å². The van der Waals surface area contributed by atoms with E-state index in [9.17, 15) is 18.0 Å². The van der Waals surface area contributed by atoms with Crippen LogP contribution >= 0.6 is 0 Å². The molecule has 0 fully saturated rings. The number of ketones is 1. The Hall–Kier alpha value is -2.10. The van der Waals surface area contributed by atoms with Crippen LogP contribution in [0.4, 0.5) is 13.2 Å². The van der Waals surface area contributed by atoms with Crippen molar-refractivity contribution in [2.24, 2.45) is 0 Å². The van der Waals surface area contributed by atoms with Crippen molar-refractivity contribution in [1.82, 2.24) is 0 Å². The molecule has 1 nitrogen and oxygen atoms in total. The SMILES string of the molecule is Cc1ccc(F)cc1C(=O)c1cc(F)cc(F)c1. The summed E-state index contributed by atoms with van der Waals surface area (Å²) < 4.78 is 39.1. The molecule has 0 amide bonds. The second-order valence-electron chi connectivity index (χ2n) is 3.95. The van der Waals surface area contributed by atoms with E-state index in [4.69, 9.17) is 0 Å². The van der Waals surface area contributed by atoms with E-state index in [-0.39, 0.29) is 11.1 Å². The molecule has 0 saturated heterocycles. The Morgan fingerprint density at radius 2 is 1.50 bits per heavy atom. The normalized spacial score (nSPS) is 10.4. The molecule has 0 heterocycles. The van der Waals surface area contributed by atoms with Crippen LogP contribution in [0.1, 0.15) is 21.5 Å². The Morgan fingerprint density at radius 1 is 0.889 bits per heavy atom. The summed E-state index contributed by atoms with van der Waals surface area (Å²) in [5, 5.41) is 0. The van der Waals surface area contributed by atoms with Gasteiger partial charge in [-0.3, -0.25) is 4.79 Å². The first kappa shape index (κ1) is 12.4. The maximum absolute atomic E-state index is 13.1. The molecule has 0 spiro atoms. The highest BCUT2D eigenvalue weighted by Crippen LogP contribution is 2.17. The van der Waals surface area contributed by atoms with Gasteiger partial charge in [-0.1, -0.05) is 6.07 Å². The summed E-state index contributed by atoms with van der Waals surface area (Å²) in [6, 6.07) is 6.25. The molecule has 0 aromatic heterocycles. The summed E-state index contributed by atoms with van der Waals surface area (Å²) in [4.78, 5) is 12.0. The number of benzene rings is 2. The zero-order valence-electron chi connectivity index (χ0n) is 9.51. The quantitative estimate of drug-likeness (QED) is 0.743. The summed E-state index contributed by atoms with van der Waals surface area (Å²) >= 11 is 0. The van der Waals surface area contributed by atoms with Gasteiger partial charge in [-0.2, -0.15) is 0 Å². The monoisotopic (exact) mass is 250 g/mol. The number of rotatable bonds is 2. The van der Waals surface area contributed by atoms with E-state index in [2.05, 4.69) is 0 Å². The number of halogens is 3. The average Bonchev–Trinajstić information content (AvgIpc) is 2.30. The third-order valence-corrected chi connectivity index (χ3v) is 2.57. The lowest BCUT2D eigenvalue weighted by molar-refractivity contribution is 0.103. The molecular weight excluding hydrogens is 241 g/mol. The first-order valence-corrected chi connectivity index (χ1v) is 5.24. The van der Waals surface area contributed by atoms with Crippen molar-refractivity contribution in [2.45, 2.75) is 6.92 Å². The van der Waals surface area contributed by atoms with Gasteiger partial charge in [0, 0.05) is 17.2 Å². The summed E-state index contributed by atoms with van der Waals surface area (Å²) in [5.41, 5.74) is 0.507. The van der Waals surface area contributed by atoms with Crippen LogP contribution in [0.5, 0.6) is 0 Å². The average molecular weight is 250 g/mol. The Kier molecular flexibility index (Phi) is 3.19. The highest BCUT2D eigenvalue weighted by atomic mass is 19.1. The van der Waals surface area contributed by atoms with E-state index in [0.29, 0.717) is 11.6 Å². The molecule has 0 aliphatic carbocycles. The van der Waals surface area contributed by atoms with Crippen LogP contribution in [0.15, 0.2) is 36.4 Å². The Labute approximate surface area is 102 Å². The van der Waals surface area contributed by atoms with Crippen LogP contribution in [0.3, 0.4) is 0 Å². The van der Waals surface area contributed by atoms with Crippen LogP contribution in [-0.2, 0) is 0 Å². The van der Waals surface area contributed by atoms with Crippen LogP contribution in [0, 0.1) is 24.4 Å². The molecule has 2 aromatic carbocycles. The predicted molar refractivity (Wildman–Crippen MR) is 60.9 cm³/mol. The van der Waals surface area contributed by atoms with E-state index in [1.54, 1.807) is 6.92 Å². The molecule has 0 N–H and O–H groups in total. The predicted octanol–water partition coefficient (Wildman–Crippen LogP) is 3.64. The molecule has 0 bridgehead atoms. The zero-order valence-corrected chi connectivity index (χ0v) is 9.51. The minimum absolute atomic E-state index is 0.0972. The third kappa shape index (κ3) is 2.42. The minimum Gasteiger partial charge on any atom is -0.289 e. The van der Waals surface area contributed by atoms with Crippen molar-refractivity contribution >= 4 is 5.78 Å². The third-order valence-electron chi connectivity index (χ3n) is 2.57. The van der Waals surface area contributed by atoms with Gasteiger partial charge in [-0.15, -0.1) is 0 Å². The van der Waals surface area contributed by atoms with Gasteiger partial charge in [0.1, 0.15) is 17.5 Å². The second kappa shape index (κ2) is 4.64. The van der Waals surface area contributed by atoms with Crippen molar-refractivity contribution in [2.75, 3.05) is 0 Å². The fraction of sp³-hybridized carbons (Fsp3) is 0.0714. The fourth-order valence-electron chi connectivity index (χ4n) is 1.68. The van der Waals surface area contributed by atoms with E-state index < -0.39 is 23.2 Å². The first-order chi connectivity index (χ1) is 8.47.